The van der Waals surface area contributed by atoms with Crippen LogP contribution in [0.15, 0.2) is 0 Å². The third-order valence-electron chi connectivity index (χ3n) is 3.77. The van der Waals surface area contributed by atoms with E-state index < -0.39 is 0 Å². The zero-order chi connectivity index (χ0) is 11.1. The number of hydrogen-bond donors (Lipinski definition) is 1. The smallest absolute Gasteiger partial charge is 0.00462 e. The first-order valence-electron chi connectivity index (χ1n) is 6.55. The fourth-order valence-corrected chi connectivity index (χ4v) is 3.48. The van der Waals surface area contributed by atoms with E-state index in [4.69, 9.17) is 5.73 Å². The maximum Gasteiger partial charge on any atom is -0.00462 e. The first kappa shape index (κ1) is 13.4. The van der Waals surface area contributed by atoms with Gasteiger partial charge in [-0.3, -0.25) is 0 Å². The van der Waals surface area contributed by atoms with E-state index in [1.807, 2.05) is 0 Å². The molecular weight excluding hydrogens is 202 g/mol. The van der Waals surface area contributed by atoms with Gasteiger partial charge in [0.2, 0.25) is 0 Å². The predicted molar refractivity (Wildman–Crippen MR) is 71.3 cm³/mol. The van der Waals surface area contributed by atoms with Crippen LogP contribution in [0.3, 0.4) is 0 Å². The molecule has 1 saturated carbocycles. The van der Waals surface area contributed by atoms with Gasteiger partial charge in [-0.25, -0.2) is 0 Å². The third-order valence-corrected chi connectivity index (χ3v) is 4.76. The second-order valence-electron chi connectivity index (χ2n) is 5.01. The quantitative estimate of drug-likeness (QED) is 0.705. The molecule has 1 fully saturated rings. The molecule has 2 heteroatoms. The average molecular weight is 229 g/mol. The Labute approximate surface area is 99.6 Å². The van der Waals surface area contributed by atoms with Gasteiger partial charge in [-0.15, -0.1) is 0 Å². The lowest BCUT2D eigenvalue weighted by molar-refractivity contribution is 0.183. The van der Waals surface area contributed by atoms with E-state index >= 15 is 0 Å². The second kappa shape index (κ2) is 7.56. The van der Waals surface area contributed by atoms with Gasteiger partial charge in [0.05, 0.1) is 0 Å². The summed E-state index contributed by atoms with van der Waals surface area (Å²) in [5.74, 6) is 5.31. The first-order valence-corrected chi connectivity index (χ1v) is 7.71. The van der Waals surface area contributed by atoms with Crippen LogP contribution in [0, 0.1) is 17.8 Å². The minimum absolute atomic E-state index is 0.827. The Kier molecular flexibility index (Phi) is 6.74. The fourth-order valence-electron chi connectivity index (χ4n) is 2.82. The van der Waals surface area contributed by atoms with E-state index in [9.17, 15) is 0 Å². The Bertz CT molecular complexity index is 161. The molecule has 2 N–H and O–H groups in total. The van der Waals surface area contributed by atoms with Crippen molar-refractivity contribution in [3.8, 4) is 0 Å². The maximum atomic E-state index is 5.86. The minimum atomic E-state index is 0.827. The summed E-state index contributed by atoms with van der Waals surface area (Å²) in [6, 6.07) is 0. The number of rotatable bonds is 6. The minimum Gasteiger partial charge on any atom is -0.330 e. The lowest BCUT2D eigenvalue weighted by Gasteiger charge is -2.34. The van der Waals surface area contributed by atoms with Gasteiger partial charge in [0.25, 0.3) is 0 Å². The van der Waals surface area contributed by atoms with Crippen molar-refractivity contribution in [2.24, 2.45) is 23.5 Å². The summed E-state index contributed by atoms with van der Waals surface area (Å²) >= 11 is 2.08. The zero-order valence-corrected chi connectivity index (χ0v) is 11.2. The lowest BCUT2D eigenvalue weighted by Crippen LogP contribution is -2.29. The van der Waals surface area contributed by atoms with Crippen molar-refractivity contribution in [3.63, 3.8) is 0 Å². The monoisotopic (exact) mass is 229 g/mol. The standard InChI is InChI=1S/C13H27NS/c1-3-15-8-4-5-12-9-11(2)6-7-13(12)10-14/h11-13H,3-10,14H2,1-2H3. The van der Waals surface area contributed by atoms with E-state index in [2.05, 4.69) is 25.6 Å². The molecule has 90 valence electrons. The van der Waals surface area contributed by atoms with Gasteiger partial charge in [0, 0.05) is 0 Å². The number of thioether (sulfide) groups is 1. The predicted octanol–water partition coefficient (Wildman–Crippen LogP) is 3.53. The van der Waals surface area contributed by atoms with Crippen LogP contribution < -0.4 is 5.73 Å². The van der Waals surface area contributed by atoms with Gasteiger partial charge in [-0.2, -0.15) is 11.8 Å². The van der Waals surface area contributed by atoms with Crippen molar-refractivity contribution in [2.75, 3.05) is 18.1 Å². The van der Waals surface area contributed by atoms with Gasteiger partial charge >= 0.3 is 0 Å². The van der Waals surface area contributed by atoms with Crippen molar-refractivity contribution in [1.82, 2.24) is 0 Å². The normalized spacial score (nSPS) is 31.8. The van der Waals surface area contributed by atoms with Gasteiger partial charge in [-0.05, 0) is 61.5 Å². The summed E-state index contributed by atoms with van der Waals surface area (Å²) < 4.78 is 0. The van der Waals surface area contributed by atoms with E-state index in [0.29, 0.717) is 0 Å². The van der Waals surface area contributed by atoms with Crippen molar-refractivity contribution in [2.45, 2.75) is 46.0 Å². The Morgan fingerprint density at radius 1 is 1.27 bits per heavy atom. The summed E-state index contributed by atoms with van der Waals surface area (Å²) in [7, 11) is 0. The van der Waals surface area contributed by atoms with Gasteiger partial charge in [0.15, 0.2) is 0 Å². The molecule has 1 aliphatic carbocycles. The first-order chi connectivity index (χ1) is 7.27. The van der Waals surface area contributed by atoms with Crippen molar-refractivity contribution >= 4 is 11.8 Å². The molecule has 0 amide bonds. The highest BCUT2D eigenvalue weighted by molar-refractivity contribution is 7.99. The SMILES string of the molecule is CCSCCCC1CC(C)CCC1CN. The molecular formula is C13H27NS. The summed E-state index contributed by atoms with van der Waals surface area (Å²) in [5, 5.41) is 0. The Morgan fingerprint density at radius 3 is 2.73 bits per heavy atom. The van der Waals surface area contributed by atoms with E-state index in [1.165, 1.54) is 43.6 Å². The topological polar surface area (TPSA) is 26.0 Å². The molecule has 0 aliphatic heterocycles. The van der Waals surface area contributed by atoms with E-state index in [-0.39, 0.29) is 0 Å². The van der Waals surface area contributed by atoms with Crippen LogP contribution in [0.25, 0.3) is 0 Å². The molecule has 0 aromatic rings. The maximum absolute atomic E-state index is 5.86. The highest BCUT2D eigenvalue weighted by atomic mass is 32.2. The molecule has 0 saturated heterocycles. The van der Waals surface area contributed by atoms with Gasteiger partial charge < -0.3 is 5.73 Å². The Balaban J connectivity index is 2.22. The van der Waals surface area contributed by atoms with Crippen LogP contribution in [-0.4, -0.2) is 18.1 Å². The zero-order valence-electron chi connectivity index (χ0n) is 10.4. The molecule has 3 unspecified atom stereocenters. The van der Waals surface area contributed by atoms with Crippen LogP contribution >= 0.6 is 11.8 Å². The fraction of sp³-hybridized carbons (Fsp3) is 1.00. The van der Waals surface area contributed by atoms with Crippen LogP contribution in [0.2, 0.25) is 0 Å². The molecule has 1 rings (SSSR count). The molecule has 3 atom stereocenters. The summed E-state index contributed by atoms with van der Waals surface area (Å²) in [4.78, 5) is 0. The molecule has 15 heavy (non-hydrogen) atoms. The van der Waals surface area contributed by atoms with Crippen molar-refractivity contribution in [1.29, 1.82) is 0 Å². The van der Waals surface area contributed by atoms with Crippen LogP contribution in [-0.2, 0) is 0 Å². The Hall–Kier alpha value is 0.310. The third kappa shape index (κ3) is 4.78. The summed E-state index contributed by atoms with van der Waals surface area (Å²) in [6.07, 6.45) is 7.02. The molecule has 0 heterocycles. The largest absolute Gasteiger partial charge is 0.330 e. The molecule has 0 spiro atoms. The highest BCUT2D eigenvalue weighted by Crippen LogP contribution is 2.36. The van der Waals surface area contributed by atoms with E-state index in [1.54, 1.807) is 0 Å². The summed E-state index contributed by atoms with van der Waals surface area (Å²) in [6.45, 7) is 5.56. The van der Waals surface area contributed by atoms with Gasteiger partial charge in [0.1, 0.15) is 0 Å². The molecule has 1 nitrogen and oxygen atoms in total. The number of hydrogen-bond acceptors (Lipinski definition) is 2. The lowest BCUT2D eigenvalue weighted by atomic mass is 9.73. The van der Waals surface area contributed by atoms with Crippen LogP contribution in [0.5, 0.6) is 0 Å². The van der Waals surface area contributed by atoms with Crippen molar-refractivity contribution < 1.29 is 0 Å². The van der Waals surface area contributed by atoms with E-state index in [0.717, 1.165) is 24.3 Å². The Morgan fingerprint density at radius 2 is 2.07 bits per heavy atom. The number of nitrogens with two attached hydrogens (primary N) is 1. The second-order valence-corrected chi connectivity index (χ2v) is 6.41. The van der Waals surface area contributed by atoms with Gasteiger partial charge in [-0.1, -0.05) is 20.3 Å². The van der Waals surface area contributed by atoms with Crippen molar-refractivity contribution in [3.05, 3.63) is 0 Å². The molecule has 1 aliphatic rings. The average Bonchev–Trinajstić information content (AvgIpc) is 2.25. The molecule has 0 bridgehead atoms. The van der Waals surface area contributed by atoms with Crippen LogP contribution in [0.4, 0.5) is 0 Å². The molecule has 0 aromatic heterocycles. The van der Waals surface area contributed by atoms with Crippen LogP contribution in [0.1, 0.15) is 46.0 Å². The summed E-state index contributed by atoms with van der Waals surface area (Å²) in [5.41, 5.74) is 5.86. The highest BCUT2D eigenvalue weighted by Gasteiger charge is 2.26. The molecule has 0 aromatic carbocycles. The molecule has 0 radical (unpaired) electrons.